The molecule has 0 saturated carbocycles. The lowest BCUT2D eigenvalue weighted by Crippen LogP contribution is -2.10. The third-order valence-electron chi connectivity index (χ3n) is 2.95. The number of halogens is 4. The lowest BCUT2D eigenvalue weighted by Gasteiger charge is -2.15. The number of alkyl halides is 3. The molecular formula is C13H11ClF3N3. The van der Waals surface area contributed by atoms with E-state index in [1.165, 1.54) is 18.2 Å². The summed E-state index contributed by atoms with van der Waals surface area (Å²) in [6.07, 6.45) is -4.44. The average molecular weight is 302 g/mol. The zero-order chi connectivity index (χ0) is 14.9. The highest BCUT2D eigenvalue weighted by Gasteiger charge is 2.33. The third kappa shape index (κ3) is 2.85. The first-order valence-electron chi connectivity index (χ1n) is 5.73. The molecule has 20 heavy (non-hydrogen) atoms. The van der Waals surface area contributed by atoms with E-state index in [1.54, 1.807) is 13.8 Å². The van der Waals surface area contributed by atoms with Crippen molar-refractivity contribution < 1.29 is 13.2 Å². The predicted molar refractivity (Wildman–Crippen MR) is 71.2 cm³/mol. The Bertz CT molecular complexity index is 641. The van der Waals surface area contributed by atoms with Crippen molar-refractivity contribution in [3.8, 4) is 0 Å². The van der Waals surface area contributed by atoms with Gasteiger partial charge in [-0.1, -0.05) is 23.7 Å². The average Bonchev–Trinajstić information content (AvgIpc) is 2.39. The van der Waals surface area contributed by atoms with E-state index in [2.05, 4.69) is 15.5 Å². The van der Waals surface area contributed by atoms with Crippen LogP contribution in [0.1, 0.15) is 16.7 Å². The van der Waals surface area contributed by atoms with E-state index in [1.807, 2.05) is 0 Å². The molecule has 0 saturated heterocycles. The second kappa shape index (κ2) is 5.28. The highest BCUT2D eigenvalue weighted by molar-refractivity contribution is 6.30. The van der Waals surface area contributed by atoms with E-state index >= 15 is 0 Å². The Kier molecular flexibility index (Phi) is 3.85. The number of anilines is 2. The Morgan fingerprint density at radius 3 is 2.35 bits per heavy atom. The topological polar surface area (TPSA) is 37.8 Å². The van der Waals surface area contributed by atoms with Gasteiger partial charge in [-0.15, -0.1) is 10.2 Å². The molecule has 106 valence electrons. The molecule has 1 heterocycles. The molecule has 2 aromatic rings. The molecule has 0 aliphatic heterocycles. The fourth-order valence-electron chi connectivity index (χ4n) is 1.66. The Morgan fingerprint density at radius 1 is 1.05 bits per heavy atom. The van der Waals surface area contributed by atoms with Gasteiger partial charge in [0.25, 0.3) is 0 Å². The van der Waals surface area contributed by atoms with Crippen LogP contribution in [0.25, 0.3) is 0 Å². The van der Waals surface area contributed by atoms with Gasteiger partial charge < -0.3 is 5.32 Å². The number of rotatable bonds is 2. The highest BCUT2D eigenvalue weighted by Crippen LogP contribution is 2.36. The van der Waals surface area contributed by atoms with Crippen LogP contribution in [0.3, 0.4) is 0 Å². The summed E-state index contributed by atoms with van der Waals surface area (Å²) in [7, 11) is 0. The minimum Gasteiger partial charge on any atom is -0.338 e. The fourth-order valence-corrected chi connectivity index (χ4v) is 1.84. The van der Waals surface area contributed by atoms with Gasteiger partial charge in [-0.05, 0) is 37.1 Å². The lowest BCUT2D eigenvalue weighted by atomic mass is 10.1. The Morgan fingerprint density at radius 2 is 1.70 bits per heavy atom. The maximum atomic E-state index is 12.9. The number of benzene rings is 1. The number of hydrogen-bond donors (Lipinski definition) is 1. The van der Waals surface area contributed by atoms with E-state index in [0.29, 0.717) is 11.1 Å². The standard InChI is InChI=1S/C13H11ClF3N3/c1-7-8(2)12(20-19-11(7)14)18-10-6-4-3-5-9(10)13(15,16)17/h3-6H,1-2H3,(H,18,20). The summed E-state index contributed by atoms with van der Waals surface area (Å²) in [4.78, 5) is 0. The molecule has 1 aromatic heterocycles. The molecule has 3 nitrogen and oxygen atoms in total. The molecule has 2 rings (SSSR count). The summed E-state index contributed by atoms with van der Waals surface area (Å²) in [6.45, 7) is 3.45. The van der Waals surface area contributed by atoms with Gasteiger partial charge in [0.1, 0.15) is 0 Å². The quantitative estimate of drug-likeness (QED) is 0.887. The molecule has 0 unspecified atom stereocenters. The minimum absolute atomic E-state index is 0.0703. The molecule has 0 bridgehead atoms. The molecule has 1 aromatic carbocycles. The summed E-state index contributed by atoms with van der Waals surface area (Å²) in [5.41, 5.74) is 0.503. The van der Waals surface area contributed by atoms with Crippen molar-refractivity contribution in [1.82, 2.24) is 10.2 Å². The predicted octanol–water partition coefficient (Wildman–Crippen LogP) is 4.51. The maximum absolute atomic E-state index is 12.9. The van der Waals surface area contributed by atoms with Crippen LogP contribution in [0.15, 0.2) is 24.3 Å². The van der Waals surface area contributed by atoms with Crippen molar-refractivity contribution in [3.05, 3.63) is 46.1 Å². The molecule has 0 radical (unpaired) electrons. The van der Waals surface area contributed by atoms with Gasteiger partial charge in [-0.2, -0.15) is 13.2 Å². The van der Waals surface area contributed by atoms with E-state index in [0.717, 1.165) is 6.07 Å². The van der Waals surface area contributed by atoms with Gasteiger partial charge in [0, 0.05) is 0 Å². The highest BCUT2D eigenvalue weighted by atomic mass is 35.5. The first kappa shape index (κ1) is 14.6. The Labute approximate surface area is 118 Å². The molecule has 1 N–H and O–H groups in total. The van der Waals surface area contributed by atoms with Crippen molar-refractivity contribution in [3.63, 3.8) is 0 Å². The number of aromatic nitrogens is 2. The molecule has 0 aliphatic rings. The van der Waals surface area contributed by atoms with Gasteiger partial charge in [-0.25, -0.2) is 0 Å². The van der Waals surface area contributed by atoms with E-state index in [9.17, 15) is 13.2 Å². The Balaban J connectivity index is 2.44. The Hall–Kier alpha value is -1.82. The number of para-hydroxylation sites is 1. The van der Waals surface area contributed by atoms with Crippen molar-refractivity contribution >= 4 is 23.1 Å². The largest absolute Gasteiger partial charge is 0.418 e. The number of nitrogens with one attached hydrogen (secondary N) is 1. The van der Waals surface area contributed by atoms with Gasteiger partial charge in [0.2, 0.25) is 0 Å². The summed E-state index contributed by atoms with van der Waals surface area (Å²) in [5.74, 6) is 0.253. The van der Waals surface area contributed by atoms with Crippen molar-refractivity contribution in [1.29, 1.82) is 0 Å². The van der Waals surface area contributed by atoms with Crippen molar-refractivity contribution in [2.75, 3.05) is 5.32 Å². The van der Waals surface area contributed by atoms with Crippen LogP contribution in [0, 0.1) is 13.8 Å². The van der Waals surface area contributed by atoms with Gasteiger partial charge in [0.15, 0.2) is 11.0 Å². The molecular weight excluding hydrogens is 291 g/mol. The summed E-state index contributed by atoms with van der Waals surface area (Å²) in [6, 6.07) is 5.20. The normalized spacial score (nSPS) is 11.5. The van der Waals surface area contributed by atoms with Crippen LogP contribution in [-0.2, 0) is 6.18 Å². The molecule has 0 spiro atoms. The van der Waals surface area contributed by atoms with Gasteiger partial charge in [0.05, 0.1) is 11.3 Å². The molecule has 7 heteroatoms. The van der Waals surface area contributed by atoms with Gasteiger partial charge >= 0.3 is 6.18 Å². The van der Waals surface area contributed by atoms with E-state index in [4.69, 9.17) is 11.6 Å². The number of hydrogen-bond acceptors (Lipinski definition) is 3. The van der Waals surface area contributed by atoms with Crippen molar-refractivity contribution in [2.24, 2.45) is 0 Å². The van der Waals surface area contributed by atoms with Crippen LogP contribution in [0.5, 0.6) is 0 Å². The van der Waals surface area contributed by atoms with Crippen LogP contribution in [0.4, 0.5) is 24.7 Å². The number of nitrogens with zero attached hydrogens (tertiary/aromatic N) is 2. The first-order valence-corrected chi connectivity index (χ1v) is 6.11. The molecule has 0 fully saturated rings. The monoisotopic (exact) mass is 301 g/mol. The van der Waals surface area contributed by atoms with Crippen LogP contribution < -0.4 is 5.32 Å². The van der Waals surface area contributed by atoms with Gasteiger partial charge in [-0.3, -0.25) is 0 Å². The zero-order valence-electron chi connectivity index (χ0n) is 10.7. The lowest BCUT2D eigenvalue weighted by molar-refractivity contribution is -0.136. The van der Waals surface area contributed by atoms with E-state index in [-0.39, 0.29) is 16.7 Å². The minimum atomic E-state index is -4.44. The molecule has 0 amide bonds. The van der Waals surface area contributed by atoms with Crippen LogP contribution in [-0.4, -0.2) is 10.2 Å². The maximum Gasteiger partial charge on any atom is 0.418 e. The van der Waals surface area contributed by atoms with Crippen LogP contribution in [0.2, 0.25) is 5.15 Å². The summed E-state index contributed by atoms with van der Waals surface area (Å²) in [5, 5.41) is 10.4. The smallest absolute Gasteiger partial charge is 0.338 e. The second-order valence-corrected chi connectivity index (χ2v) is 4.62. The summed E-state index contributed by atoms with van der Waals surface area (Å²) >= 11 is 5.81. The SMILES string of the molecule is Cc1c(Cl)nnc(Nc2ccccc2C(F)(F)F)c1C. The fraction of sp³-hybridized carbons (Fsp3) is 0.231. The second-order valence-electron chi connectivity index (χ2n) is 4.26. The van der Waals surface area contributed by atoms with Crippen molar-refractivity contribution in [2.45, 2.75) is 20.0 Å². The molecule has 0 atom stereocenters. The first-order chi connectivity index (χ1) is 9.30. The van der Waals surface area contributed by atoms with Crippen LogP contribution >= 0.6 is 11.6 Å². The zero-order valence-corrected chi connectivity index (χ0v) is 11.5. The summed E-state index contributed by atoms with van der Waals surface area (Å²) < 4.78 is 38.7. The third-order valence-corrected chi connectivity index (χ3v) is 3.31. The van der Waals surface area contributed by atoms with E-state index < -0.39 is 11.7 Å². The molecule has 0 aliphatic carbocycles.